The van der Waals surface area contributed by atoms with Crippen molar-refractivity contribution >= 4 is 16.6 Å². The lowest BCUT2D eigenvalue weighted by Gasteiger charge is -1.91. The summed E-state index contributed by atoms with van der Waals surface area (Å²) in [6, 6.07) is 0. The molecule has 0 rings (SSSR count). The zero-order valence-electron chi connectivity index (χ0n) is 10.6. The molecular formula is C10H27AlO3. The summed E-state index contributed by atoms with van der Waals surface area (Å²) in [4.78, 5) is 0. The molecule has 0 radical (unpaired) electrons. The second-order valence-electron chi connectivity index (χ2n) is 3.53. The summed E-state index contributed by atoms with van der Waals surface area (Å²) < 4.78 is 4.92. The molecule has 2 N–H and O–H groups in total. The van der Waals surface area contributed by atoms with Crippen molar-refractivity contribution in [3.63, 3.8) is 0 Å². The van der Waals surface area contributed by atoms with E-state index in [1.165, 1.54) is 12.8 Å². The van der Waals surface area contributed by atoms with Gasteiger partial charge in [-0.1, -0.05) is 13.3 Å². The highest BCUT2D eigenvalue weighted by molar-refractivity contribution is 5.97. The van der Waals surface area contributed by atoms with E-state index in [-0.39, 0.29) is 12.2 Å². The summed E-state index contributed by atoms with van der Waals surface area (Å²) in [6.45, 7) is 10.0. The molecule has 14 heavy (non-hydrogen) atoms. The van der Waals surface area contributed by atoms with Gasteiger partial charge in [-0.15, -0.1) is 0 Å². The topological polar surface area (TPSA) is 49.7 Å². The second kappa shape index (κ2) is 19.1. The van der Waals surface area contributed by atoms with Gasteiger partial charge in [0.1, 0.15) is 0 Å². The van der Waals surface area contributed by atoms with E-state index in [9.17, 15) is 0 Å². The summed E-state index contributed by atoms with van der Waals surface area (Å²) in [7, 11) is 0. The van der Waals surface area contributed by atoms with Crippen molar-refractivity contribution in [3.05, 3.63) is 0 Å². The predicted molar refractivity (Wildman–Crippen MR) is 64.1 cm³/mol. The van der Waals surface area contributed by atoms with Crippen LogP contribution < -0.4 is 0 Å². The molecule has 0 saturated carbocycles. The Morgan fingerprint density at radius 1 is 1.07 bits per heavy atom. The zero-order chi connectivity index (χ0) is 12.0. The van der Waals surface area contributed by atoms with Gasteiger partial charge in [0.2, 0.25) is 0 Å². The van der Waals surface area contributed by atoms with Crippen LogP contribution >= 0.6 is 0 Å². The van der Waals surface area contributed by atoms with Gasteiger partial charge in [0.25, 0.3) is 0 Å². The smallest absolute Gasteiger partial charge is 0.410 e. The summed E-state index contributed by atoms with van der Waals surface area (Å²) >= 11 is 0.903. The van der Waals surface area contributed by atoms with Crippen LogP contribution in [0.4, 0.5) is 0 Å². The Morgan fingerprint density at radius 2 is 1.36 bits per heavy atom. The molecule has 0 heterocycles. The Bertz CT molecular complexity index is 62.3. The molecule has 0 aromatic rings. The monoisotopic (exact) mass is 222 g/mol. The van der Waals surface area contributed by atoms with Gasteiger partial charge in [-0.3, -0.25) is 0 Å². The maximum Gasteiger partial charge on any atom is 0.410 e. The van der Waals surface area contributed by atoms with Crippen LogP contribution in [0.2, 0.25) is 0 Å². The van der Waals surface area contributed by atoms with Crippen molar-refractivity contribution in [1.82, 2.24) is 0 Å². The second-order valence-corrected chi connectivity index (χ2v) is 4.11. The maximum atomic E-state index is 8.06. The van der Waals surface area contributed by atoms with Crippen LogP contribution in [0.5, 0.6) is 0 Å². The number of hydrogen-bond acceptors (Lipinski definition) is 3. The Kier molecular flexibility index (Phi) is 27.1. The molecule has 0 aliphatic rings. The molecule has 0 saturated heterocycles. The highest BCUT2D eigenvalue weighted by Gasteiger charge is 1.74. The minimum atomic E-state index is -0.167. The molecule has 88 valence electrons. The molecule has 4 heteroatoms. The van der Waals surface area contributed by atoms with Crippen LogP contribution in [0.1, 0.15) is 47.5 Å². The molecule has 0 fully saturated rings. The van der Waals surface area contributed by atoms with E-state index in [1.54, 1.807) is 27.7 Å². The maximum absolute atomic E-state index is 8.06. The summed E-state index contributed by atoms with van der Waals surface area (Å²) in [5.74, 6) is 0. The molecule has 0 bridgehead atoms. The van der Waals surface area contributed by atoms with Gasteiger partial charge in [-0.25, -0.2) is 0 Å². The first-order chi connectivity index (χ1) is 6.38. The van der Waals surface area contributed by atoms with Gasteiger partial charge in [0.05, 0.1) is 0 Å². The molecule has 0 amide bonds. The highest BCUT2D eigenvalue weighted by Crippen LogP contribution is 1.82. The van der Waals surface area contributed by atoms with Crippen LogP contribution in [0.15, 0.2) is 0 Å². The van der Waals surface area contributed by atoms with Crippen LogP contribution in [-0.2, 0) is 3.79 Å². The Morgan fingerprint density at radius 3 is 1.43 bits per heavy atom. The summed E-state index contributed by atoms with van der Waals surface area (Å²) in [6.07, 6.45) is 2.14. The van der Waals surface area contributed by atoms with Crippen LogP contribution in [0.3, 0.4) is 0 Å². The fraction of sp³-hybridized carbons (Fsp3) is 1.00. The first-order valence-corrected chi connectivity index (χ1v) is 6.05. The van der Waals surface area contributed by atoms with E-state index in [0.717, 1.165) is 23.2 Å². The SMILES string of the molecule is CC(C)O.CC(C)O.CCCC[O][AlH2]. The number of aliphatic hydroxyl groups is 2. The lowest BCUT2D eigenvalue weighted by atomic mass is 10.4. The van der Waals surface area contributed by atoms with Crippen LogP contribution in [0, 0.1) is 0 Å². The van der Waals surface area contributed by atoms with Gasteiger partial charge >= 0.3 is 16.6 Å². The molecule has 3 nitrogen and oxygen atoms in total. The molecule has 0 aromatic carbocycles. The Balaban J connectivity index is -0.000000135. The van der Waals surface area contributed by atoms with E-state index in [1.807, 2.05) is 0 Å². The lowest BCUT2D eigenvalue weighted by molar-refractivity contribution is 0.215. The zero-order valence-corrected chi connectivity index (χ0v) is 12.6. The van der Waals surface area contributed by atoms with E-state index in [4.69, 9.17) is 14.0 Å². The van der Waals surface area contributed by atoms with Crippen molar-refractivity contribution in [1.29, 1.82) is 0 Å². The van der Waals surface area contributed by atoms with Crippen molar-refractivity contribution in [2.45, 2.75) is 59.7 Å². The highest BCUT2D eigenvalue weighted by atomic mass is 27.1. The lowest BCUT2D eigenvalue weighted by Crippen LogP contribution is -1.85. The van der Waals surface area contributed by atoms with Crippen molar-refractivity contribution in [2.24, 2.45) is 0 Å². The van der Waals surface area contributed by atoms with E-state index in [2.05, 4.69) is 6.92 Å². The van der Waals surface area contributed by atoms with Gasteiger partial charge in [-0.05, 0) is 34.1 Å². The number of unbranched alkanes of at least 4 members (excludes halogenated alkanes) is 1. The van der Waals surface area contributed by atoms with Crippen LogP contribution in [0.25, 0.3) is 0 Å². The molecule has 0 spiro atoms. The molecule has 0 aliphatic carbocycles. The van der Waals surface area contributed by atoms with Gasteiger partial charge in [0, 0.05) is 18.8 Å². The Labute approximate surface area is 97.2 Å². The third-order valence-electron chi connectivity index (χ3n) is 0.702. The molecule has 0 aromatic heterocycles. The summed E-state index contributed by atoms with van der Waals surface area (Å²) in [5, 5.41) is 16.1. The van der Waals surface area contributed by atoms with Gasteiger partial charge in [-0.2, -0.15) is 0 Å². The van der Waals surface area contributed by atoms with Crippen molar-refractivity contribution < 1.29 is 14.0 Å². The number of rotatable bonds is 3. The number of hydrogen-bond donors (Lipinski definition) is 2. The third-order valence-corrected chi connectivity index (χ3v) is 1.11. The van der Waals surface area contributed by atoms with Crippen LogP contribution in [-0.4, -0.2) is 45.7 Å². The van der Waals surface area contributed by atoms with Crippen molar-refractivity contribution in [2.75, 3.05) is 6.61 Å². The standard InChI is InChI=1S/C4H9O.2C3H8O.Al.2H/c1-2-3-4-5;2*1-3(2)4;;;/h2-4H2,1H3;2*3-4H,1-2H3;;;/q-1;;;+1;;. The third kappa shape index (κ3) is 139. The first-order valence-electron chi connectivity index (χ1n) is 5.23. The predicted octanol–water partition coefficient (Wildman–Crippen LogP) is 1.13. The normalized spacial score (nSPS) is 8.93. The average molecular weight is 222 g/mol. The first kappa shape index (κ1) is 19.9. The van der Waals surface area contributed by atoms with Gasteiger partial charge in [0.15, 0.2) is 0 Å². The number of aliphatic hydroxyl groups excluding tert-OH is 2. The summed E-state index contributed by atoms with van der Waals surface area (Å²) in [5.41, 5.74) is 0. The van der Waals surface area contributed by atoms with E-state index in [0.29, 0.717) is 0 Å². The molecule has 0 aliphatic heterocycles. The minimum absolute atomic E-state index is 0.167. The molecule has 0 atom stereocenters. The Hall–Kier alpha value is 0.412. The molecular weight excluding hydrogens is 195 g/mol. The van der Waals surface area contributed by atoms with Crippen molar-refractivity contribution in [3.8, 4) is 0 Å². The van der Waals surface area contributed by atoms with E-state index < -0.39 is 0 Å². The minimum Gasteiger partial charge on any atom is -0.506 e. The quantitative estimate of drug-likeness (QED) is 0.556. The molecule has 0 unspecified atom stereocenters. The fourth-order valence-electron chi connectivity index (χ4n) is 0.289. The van der Waals surface area contributed by atoms with Gasteiger partial charge < -0.3 is 14.0 Å². The van der Waals surface area contributed by atoms with E-state index >= 15 is 0 Å². The fourth-order valence-corrected chi connectivity index (χ4v) is 0.577. The average Bonchev–Trinajstić information content (AvgIpc) is 1.98. The largest absolute Gasteiger partial charge is 0.506 e.